The summed E-state index contributed by atoms with van der Waals surface area (Å²) in [6.07, 6.45) is 1.55. The molecule has 0 atom stereocenters. The molecular weight excluding hydrogens is 256 g/mol. The molecular formula is C14H16N4O2. The van der Waals surface area contributed by atoms with E-state index in [9.17, 15) is 4.79 Å². The van der Waals surface area contributed by atoms with Gasteiger partial charge in [0.2, 0.25) is 5.91 Å². The van der Waals surface area contributed by atoms with E-state index >= 15 is 0 Å². The van der Waals surface area contributed by atoms with Crippen LogP contribution in [0, 0.1) is 6.92 Å². The topological polar surface area (TPSA) is 103 Å². The van der Waals surface area contributed by atoms with E-state index in [1.807, 2.05) is 6.92 Å². The van der Waals surface area contributed by atoms with Crippen molar-refractivity contribution < 1.29 is 9.53 Å². The fraction of sp³-hybridized carbons (Fsp3) is 0.143. The van der Waals surface area contributed by atoms with Crippen molar-refractivity contribution in [2.75, 3.05) is 16.8 Å². The van der Waals surface area contributed by atoms with Crippen LogP contribution >= 0.6 is 0 Å². The number of benzene rings is 1. The highest BCUT2D eigenvalue weighted by Crippen LogP contribution is 2.32. The summed E-state index contributed by atoms with van der Waals surface area (Å²) in [5.74, 6) is 1.39. The molecule has 0 aliphatic heterocycles. The largest absolute Gasteiger partial charge is 0.457 e. The van der Waals surface area contributed by atoms with E-state index in [-0.39, 0.29) is 5.91 Å². The molecule has 1 heterocycles. The highest BCUT2D eigenvalue weighted by atomic mass is 16.5. The van der Waals surface area contributed by atoms with Gasteiger partial charge in [-0.25, -0.2) is 4.98 Å². The molecule has 1 aromatic heterocycles. The molecule has 20 heavy (non-hydrogen) atoms. The Kier molecular flexibility index (Phi) is 3.74. The highest BCUT2D eigenvalue weighted by Gasteiger charge is 2.08. The van der Waals surface area contributed by atoms with Crippen LogP contribution in [0.5, 0.6) is 11.5 Å². The van der Waals surface area contributed by atoms with E-state index in [0.29, 0.717) is 28.7 Å². The van der Waals surface area contributed by atoms with Gasteiger partial charge in [-0.15, -0.1) is 0 Å². The summed E-state index contributed by atoms with van der Waals surface area (Å²) in [7, 11) is 0. The van der Waals surface area contributed by atoms with Gasteiger partial charge >= 0.3 is 0 Å². The third kappa shape index (κ3) is 2.97. The first-order valence-electron chi connectivity index (χ1n) is 6.03. The van der Waals surface area contributed by atoms with E-state index in [2.05, 4.69) is 10.3 Å². The van der Waals surface area contributed by atoms with Crippen LogP contribution in [0.4, 0.5) is 17.2 Å². The Labute approximate surface area is 116 Å². The second-order valence-corrected chi connectivity index (χ2v) is 4.35. The lowest BCUT2D eigenvalue weighted by Crippen LogP contribution is -2.07. The molecule has 0 fully saturated rings. The van der Waals surface area contributed by atoms with E-state index < -0.39 is 0 Å². The van der Waals surface area contributed by atoms with E-state index in [4.69, 9.17) is 16.2 Å². The Bertz CT molecular complexity index is 656. The van der Waals surface area contributed by atoms with Crippen molar-refractivity contribution in [3.63, 3.8) is 0 Å². The minimum Gasteiger partial charge on any atom is -0.457 e. The molecule has 0 bridgehead atoms. The van der Waals surface area contributed by atoms with Crippen molar-refractivity contribution in [3.05, 3.63) is 36.0 Å². The average Bonchev–Trinajstić information content (AvgIpc) is 2.39. The first-order valence-corrected chi connectivity index (χ1v) is 6.03. The van der Waals surface area contributed by atoms with Gasteiger partial charge < -0.3 is 21.5 Å². The van der Waals surface area contributed by atoms with Crippen molar-refractivity contribution in [2.45, 2.75) is 13.8 Å². The standard InChI is InChI=1S/C14H16N4O2/c1-8-12(4-3-11(15)14(8)16)20-10-5-6-17-13(7-10)18-9(2)19/h3-7H,15-16H2,1-2H3,(H,17,18,19). The normalized spacial score (nSPS) is 10.1. The summed E-state index contributed by atoms with van der Waals surface area (Å²) in [6, 6.07) is 6.76. The van der Waals surface area contributed by atoms with Crippen molar-refractivity contribution in [1.29, 1.82) is 0 Å². The number of hydrogen-bond acceptors (Lipinski definition) is 5. The lowest BCUT2D eigenvalue weighted by molar-refractivity contribution is -0.114. The fourth-order valence-corrected chi connectivity index (χ4v) is 1.69. The third-order valence-electron chi connectivity index (χ3n) is 2.76. The van der Waals surface area contributed by atoms with Crippen LogP contribution in [0.1, 0.15) is 12.5 Å². The molecule has 0 aliphatic carbocycles. The van der Waals surface area contributed by atoms with Crippen LogP contribution in [-0.2, 0) is 4.79 Å². The number of hydrogen-bond donors (Lipinski definition) is 3. The SMILES string of the molecule is CC(=O)Nc1cc(Oc2ccc(N)c(N)c2C)ccn1. The summed E-state index contributed by atoms with van der Waals surface area (Å²) in [5.41, 5.74) is 13.4. The van der Waals surface area contributed by atoms with Crippen LogP contribution in [-0.4, -0.2) is 10.9 Å². The first-order chi connectivity index (χ1) is 9.47. The second-order valence-electron chi connectivity index (χ2n) is 4.35. The van der Waals surface area contributed by atoms with E-state index in [0.717, 1.165) is 5.56 Å². The Morgan fingerprint density at radius 3 is 2.75 bits per heavy atom. The maximum atomic E-state index is 11.0. The summed E-state index contributed by atoms with van der Waals surface area (Å²) in [5, 5.41) is 2.59. The first kappa shape index (κ1) is 13.7. The molecule has 2 aromatic rings. The Morgan fingerprint density at radius 1 is 1.30 bits per heavy atom. The number of amides is 1. The summed E-state index contributed by atoms with van der Waals surface area (Å²) in [4.78, 5) is 15.0. The molecule has 0 radical (unpaired) electrons. The number of nitrogens with one attached hydrogen (secondary N) is 1. The Morgan fingerprint density at radius 2 is 2.05 bits per heavy atom. The van der Waals surface area contributed by atoms with Gasteiger partial charge in [0.1, 0.15) is 17.3 Å². The maximum absolute atomic E-state index is 11.0. The summed E-state index contributed by atoms with van der Waals surface area (Å²) in [6.45, 7) is 3.25. The lowest BCUT2D eigenvalue weighted by Gasteiger charge is -2.12. The van der Waals surface area contributed by atoms with Gasteiger partial charge in [-0.05, 0) is 25.1 Å². The third-order valence-corrected chi connectivity index (χ3v) is 2.76. The summed E-state index contributed by atoms with van der Waals surface area (Å²) < 4.78 is 5.74. The second kappa shape index (κ2) is 5.48. The van der Waals surface area contributed by atoms with Gasteiger partial charge in [0, 0.05) is 24.8 Å². The minimum absolute atomic E-state index is 0.192. The molecule has 5 N–H and O–H groups in total. The molecule has 6 nitrogen and oxygen atoms in total. The number of nitrogens with two attached hydrogens (primary N) is 2. The van der Waals surface area contributed by atoms with E-state index in [1.165, 1.54) is 6.92 Å². The van der Waals surface area contributed by atoms with Crippen molar-refractivity contribution in [3.8, 4) is 11.5 Å². The molecule has 104 valence electrons. The molecule has 6 heteroatoms. The average molecular weight is 272 g/mol. The monoisotopic (exact) mass is 272 g/mol. The highest BCUT2D eigenvalue weighted by molar-refractivity contribution is 5.87. The van der Waals surface area contributed by atoms with Crippen molar-refractivity contribution >= 4 is 23.1 Å². The predicted octanol–water partition coefficient (Wildman–Crippen LogP) is 2.31. The van der Waals surface area contributed by atoms with Gasteiger partial charge in [0.25, 0.3) is 0 Å². The molecule has 0 unspecified atom stereocenters. The number of carbonyl (C=O) groups is 1. The van der Waals surface area contributed by atoms with Gasteiger partial charge in [0.15, 0.2) is 0 Å². The van der Waals surface area contributed by atoms with E-state index in [1.54, 1.807) is 30.5 Å². The number of nitrogen functional groups attached to an aromatic ring is 2. The molecule has 1 amide bonds. The van der Waals surface area contributed by atoms with Gasteiger partial charge in [0.05, 0.1) is 11.4 Å². The Hall–Kier alpha value is -2.76. The predicted molar refractivity (Wildman–Crippen MR) is 78.6 cm³/mol. The van der Waals surface area contributed by atoms with Crippen LogP contribution in [0.2, 0.25) is 0 Å². The number of nitrogens with zero attached hydrogens (tertiary/aromatic N) is 1. The number of pyridine rings is 1. The number of aromatic nitrogens is 1. The lowest BCUT2D eigenvalue weighted by atomic mass is 10.1. The molecule has 2 rings (SSSR count). The molecule has 0 spiro atoms. The fourth-order valence-electron chi connectivity index (χ4n) is 1.69. The molecule has 0 saturated heterocycles. The molecule has 0 saturated carbocycles. The number of ether oxygens (including phenoxy) is 1. The molecule has 0 aliphatic rings. The smallest absolute Gasteiger partial charge is 0.222 e. The van der Waals surface area contributed by atoms with Crippen molar-refractivity contribution in [2.24, 2.45) is 0 Å². The Balaban J connectivity index is 2.26. The quantitative estimate of drug-likeness (QED) is 0.744. The van der Waals surface area contributed by atoms with Gasteiger partial charge in [-0.2, -0.15) is 0 Å². The van der Waals surface area contributed by atoms with Crippen LogP contribution < -0.4 is 21.5 Å². The summed E-state index contributed by atoms with van der Waals surface area (Å²) >= 11 is 0. The zero-order valence-corrected chi connectivity index (χ0v) is 11.3. The number of rotatable bonds is 3. The van der Waals surface area contributed by atoms with Gasteiger partial charge in [-0.1, -0.05) is 0 Å². The van der Waals surface area contributed by atoms with Crippen LogP contribution in [0.25, 0.3) is 0 Å². The number of anilines is 3. The maximum Gasteiger partial charge on any atom is 0.222 e. The zero-order valence-electron chi connectivity index (χ0n) is 11.3. The van der Waals surface area contributed by atoms with Crippen molar-refractivity contribution in [1.82, 2.24) is 4.98 Å². The molecule has 1 aromatic carbocycles. The van der Waals surface area contributed by atoms with Crippen LogP contribution in [0.3, 0.4) is 0 Å². The van der Waals surface area contributed by atoms with Gasteiger partial charge in [-0.3, -0.25) is 4.79 Å². The number of carbonyl (C=O) groups excluding carboxylic acids is 1. The minimum atomic E-state index is -0.192. The zero-order chi connectivity index (χ0) is 14.7. The van der Waals surface area contributed by atoms with Crippen LogP contribution in [0.15, 0.2) is 30.5 Å².